The number of likely N-dealkylation sites (N-methyl/N-ethyl adjacent to an activating group) is 1. The topological polar surface area (TPSA) is 92.8 Å². The van der Waals surface area contributed by atoms with Crippen molar-refractivity contribution in [1.29, 1.82) is 0 Å². The average molecular weight is 435 g/mol. The Bertz CT molecular complexity index is 989. The molecule has 1 N–H and O–H groups in total. The summed E-state index contributed by atoms with van der Waals surface area (Å²) in [6.07, 6.45) is 0.458. The Balaban J connectivity index is 1.50. The number of imide groups is 1. The molecule has 1 unspecified atom stereocenters. The third kappa shape index (κ3) is 5.37. The molecule has 2 aromatic rings. The molecule has 7 nitrogen and oxygen atoms in total. The van der Waals surface area contributed by atoms with Crippen molar-refractivity contribution >= 4 is 32.9 Å². The first-order chi connectivity index (χ1) is 13.8. The molecular formula is C20H22N2O5S2. The van der Waals surface area contributed by atoms with E-state index in [0.717, 1.165) is 22.9 Å². The van der Waals surface area contributed by atoms with Gasteiger partial charge in [0.15, 0.2) is 0 Å². The highest BCUT2D eigenvalue weighted by Crippen LogP contribution is 2.24. The van der Waals surface area contributed by atoms with Crippen LogP contribution in [0.3, 0.4) is 0 Å². The maximum Gasteiger partial charge on any atom is 0.286 e. The number of benzene rings is 2. The van der Waals surface area contributed by atoms with Gasteiger partial charge in [0.2, 0.25) is 15.9 Å². The Labute approximate surface area is 174 Å². The predicted molar refractivity (Wildman–Crippen MR) is 112 cm³/mol. The summed E-state index contributed by atoms with van der Waals surface area (Å²) >= 11 is 0.998. The molecule has 0 saturated carbocycles. The van der Waals surface area contributed by atoms with E-state index in [0.29, 0.717) is 12.2 Å². The quantitative estimate of drug-likeness (QED) is 0.687. The number of hydrogen-bond acceptors (Lipinski definition) is 6. The Hall–Kier alpha value is -2.36. The van der Waals surface area contributed by atoms with Crippen molar-refractivity contribution in [2.24, 2.45) is 0 Å². The lowest BCUT2D eigenvalue weighted by Crippen LogP contribution is -2.31. The van der Waals surface area contributed by atoms with E-state index in [4.69, 9.17) is 4.74 Å². The van der Waals surface area contributed by atoms with E-state index in [9.17, 15) is 18.0 Å². The number of hydrogen-bond donors (Lipinski definition) is 1. The molecule has 2 amide bonds. The van der Waals surface area contributed by atoms with E-state index in [1.54, 1.807) is 36.4 Å². The number of aryl methyl sites for hydroxylation is 1. The smallest absolute Gasteiger partial charge is 0.286 e. The van der Waals surface area contributed by atoms with Crippen molar-refractivity contribution in [3.63, 3.8) is 0 Å². The van der Waals surface area contributed by atoms with Crippen LogP contribution in [0.1, 0.15) is 11.1 Å². The lowest BCUT2D eigenvalue weighted by Gasteiger charge is -2.17. The number of sulfonamides is 1. The van der Waals surface area contributed by atoms with Gasteiger partial charge in [-0.3, -0.25) is 14.9 Å². The minimum Gasteiger partial charge on any atom is -0.492 e. The molecule has 154 valence electrons. The van der Waals surface area contributed by atoms with Crippen molar-refractivity contribution in [1.82, 2.24) is 9.62 Å². The summed E-state index contributed by atoms with van der Waals surface area (Å²) in [5.41, 5.74) is 1.91. The van der Waals surface area contributed by atoms with Crippen LogP contribution in [0.25, 0.3) is 0 Å². The molecule has 1 saturated heterocycles. The zero-order chi connectivity index (χ0) is 21.0. The molecule has 29 heavy (non-hydrogen) atoms. The SMILES string of the molecule is Cc1ccc(S(=O)(=O)N(C)CCOc2ccc(CC3SC(=O)NC3=O)cc2)cc1. The zero-order valence-corrected chi connectivity index (χ0v) is 17.8. The summed E-state index contributed by atoms with van der Waals surface area (Å²) in [5.74, 6) is 0.340. The van der Waals surface area contributed by atoms with E-state index >= 15 is 0 Å². The highest BCUT2D eigenvalue weighted by atomic mass is 32.2. The summed E-state index contributed by atoms with van der Waals surface area (Å²) in [7, 11) is -2.03. The number of ether oxygens (including phenoxy) is 1. The van der Waals surface area contributed by atoms with Gasteiger partial charge in [-0.2, -0.15) is 4.31 Å². The van der Waals surface area contributed by atoms with E-state index in [1.165, 1.54) is 11.4 Å². The molecule has 1 fully saturated rings. The number of carbonyl (C=O) groups excluding carboxylic acids is 2. The normalized spacial score (nSPS) is 16.9. The van der Waals surface area contributed by atoms with Gasteiger partial charge in [0, 0.05) is 13.6 Å². The van der Waals surface area contributed by atoms with Gasteiger partial charge < -0.3 is 4.74 Å². The molecule has 1 atom stereocenters. The van der Waals surface area contributed by atoms with Crippen molar-refractivity contribution in [3.05, 3.63) is 59.7 Å². The van der Waals surface area contributed by atoms with Gasteiger partial charge >= 0.3 is 0 Å². The lowest BCUT2D eigenvalue weighted by molar-refractivity contribution is -0.118. The van der Waals surface area contributed by atoms with E-state index in [2.05, 4.69) is 5.32 Å². The fourth-order valence-corrected chi connectivity index (χ4v) is 4.78. The Morgan fingerprint density at radius 3 is 2.31 bits per heavy atom. The van der Waals surface area contributed by atoms with Crippen LogP contribution in [0, 0.1) is 6.92 Å². The van der Waals surface area contributed by atoms with Crippen LogP contribution in [-0.2, 0) is 21.2 Å². The average Bonchev–Trinajstić information content (AvgIpc) is 3.00. The number of rotatable bonds is 8. The molecular weight excluding hydrogens is 412 g/mol. The lowest BCUT2D eigenvalue weighted by atomic mass is 10.1. The second-order valence-corrected chi connectivity index (χ2v) is 9.94. The molecule has 1 heterocycles. The molecule has 0 bridgehead atoms. The Kier molecular flexibility index (Phi) is 6.61. The second-order valence-electron chi connectivity index (χ2n) is 6.72. The van der Waals surface area contributed by atoms with E-state index in [1.807, 2.05) is 19.1 Å². The maximum absolute atomic E-state index is 12.6. The van der Waals surface area contributed by atoms with E-state index < -0.39 is 15.3 Å². The van der Waals surface area contributed by atoms with Gasteiger partial charge in [0.25, 0.3) is 5.24 Å². The van der Waals surface area contributed by atoms with Crippen molar-refractivity contribution < 1.29 is 22.7 Å². The molecule has 0 aromatic heterocycles. The van der Waals surface area contributed by atoms with Gasteiger partial charge in [-0.15, -0.1) is 0 Å². The molecule has 0 radical (unpaired) electrons. The standard InChI is InChI=1S/C20H22N2O5S2/c1-14-3-9-17(10-4-14)29(25,26)22(2)11-12-27-16-7-5-15(6-8-16)13-18-19(23)21-20(24)28-18/h3-10,18H,11-13H2,1-2H3,(H,21,23,24). The summed E-state index contributed by atoms with van der Waals surface area (Å²) in [4.78, 5) is 23.1. The number of thioether (sulfide) groups is 1. The highest BCUT2D eigenvalue weighted by molar-refractivity contribution is 8.15. The first-order valence-electron chi connectivity index (χ1n) is 9.02. The van der Waals surface area contributed by atoms with Gasteiger partial charge in [0.05, 0.1) is 10.1 Å². The molecule has 2 aromatic carbocycles. The monoisotopic (exact) mass is 434 g/mol. The molecule has 3 rings (SSSR count). The third-order valence-electron chi connectivity index (χ3n) is 4.52. The van der Waals surface area contributed by atoms with Crippen molar-refractivity contribution in [2.45, 2.75) is 23.5 Å². The molecule has 1 aliphatic rings. The third-order valence-corrected chi connectivity index (χ3v) is 7.37. The number of amides is 2. The predicted octanol–water partition coefficient (Wildman–Crippen LogP) is 2.59. The minimum atomic E-state index is -3.55. The molecule has 9 heteroatoms. The number of nitrogens with one attached hydrogen (secondary N) is 1. The fourth-order valence-electron chi connectivity index (χ4n) is 2.77. The fraction of sp³-hybridized carbons (Fsp3) is 0.300. The van der Waals surface area contributed by atoms with E-state index in [-0.39, 0.29) is 29.2 Å². The van der Waals surface area contributed by atoms with Gasteiger partial charge in [-0.05, 0) is 43.2 Å². The number of nitrogens with zero attached hydrogens (tertiary/aromatic N) is 1. The number of carbonyl (C=O) groups is 2. The molecule has 0 spiro atoms. The van der Waals surface area contributed by atoms with Crippen LogP contribution < -0.4 is 10.1 Å². The van der Waals surface area contributed by atoms with Gasteiger partial charge in [-0.1, -0.05) is 41.6 Å². The summed E-state index contributed by atoms with van der Waals surface area (Å²) in [6, 6.07) is 13.9. The first-order valence-corrected chi connectivity index (χ1v) is 11.3. The van der Waals surface area contributed by atoms with Crippen molar-refractivity contribution in [2.75, 3.05) is 20.2 Å². The van der Waals surface area contributed by atoms with Crippen LogP contribution in [0.4, 0.5) is 4.79 Å². The van der Waals surface area contributed by atoms with Crippen LogP contribution in [-0.4, -0.2) is 49.3 Å². The Morgan fingerprint density at radius 2 is 1.72 bits per heavy atom. The minimum absolute atomic E-state index is 0.205. The van der Waals surface area contributed by atoms with Gasteiger partial charge in [0.1, 0.15) is 12.4 Å². The largest absolute Gasteiger partial charge is 0.492 e. The summed E-state index contributed by atoms with van der Waals surface area (Å²) in [6.45, 7) is 2.31. The van der Waals surface area contributed by atoms with Crippen LogP contribution in [0.5, 0.6) is 5.75 Å². The van der Waals surface area contributed by atoms with Crippen LogP contribution in [0.2, 0.25) is 0 Å². The van der Waals surface area contributed by atoms with Crippen molar-refractivity contribution in [3.8, 4) is 5.75 Å². The molecule has 0 aliphatic carbocycles. The first kappa shape index (κ1) is 21.4. The summed E-state index contributed by atoms with van der Waals surface area (Å²) < 4.78 is 32.0. The zero-order valence-electron chi connectivity index (χ0n) is 16.1. The van der Waals surface area contributed by atoms with Crippen LogP contribution >= 0.6 is 11.8 Å². The highest BCUT2D eigenvalue weighted by Gasteiger charge is 2.31. The maximum atomic E-state index is 12.6. The van der Waals surface area contributed by atoms with Gasteiger partial charge in [-0.25, -0.2) is 8.42 Å². The second kappa shape index (κ2) is 8.98. The Morgan fingerprint density at radius 1 is 1.07 bits per heavy atom. The van der Waals surface area contributed by atoms with Crippen LogP contribution in [0.15, 0.2) is 53.4 Å². The molecule has 1 aliphatic heterocycles. The summed E-state index contributed by atoms with van der Waals surface area (Å²) in [5, 5.41) is 1.55.